The van der Waals surface area contributed by atoms with E-state index in [0.29, 0.717) is 19.1 Å². The summed E-state index contributed by atoms with van der Waals surface area (Å²) in [5, 5.41) is 16.7. The summed E-state index contributed by atoms with van der Waals surface area (Å²) in [6.07, 6.45) is 2.88. The average molecular weight is 285 g/mol. The summed E-state index contributed by atoms with van der Waals surface area (Å²) in [7, 11) is 0. The Bertz CT molecular complexity index is 299. The molecule has 1 heterocycles. The minimum Gasteiger partial charge on any atom is -0.389 e. The number of carbonyl (C=O) groups excluding carboxylic acids is 1. The van der Waals surface area contributed by atoms with Crippen molar-refractivity contribution in [2.45, 2.75) is 58.6 Å². The van der Waals surface area contributed by atoms with Crippen LogP contribution in [0.25, 0.3) is 0 Å². The molecule has 118 valence electrons. The van der Waals surface area contributed by atoms with E-state index < -0.39 is 5.60 Å². The molecule has 0 aliphatic carbocycles. The second-order valence-electron chi connectivity index (χ2n) is 6.14. The molecule has 0 unspecified atom stereocenters. The third kappa shape index (κ3) is 4.94. The molecule has 0 spiro atoms. The van der Waals surface area contributed by atoms with Crippen molar-refractivity contribution in [1.82, 2.24) is 15.5 Å². The van der Waals surface area contributed by atoms with Gasteiger partial charge in [0.25, 0.3) is 0 Å². The monoisotopic (exact) mass is 285 g/mol. The smallest absolute Gasteiger partial charge is 0.317 e. The second-order valence-corrected chi connectivity index (χ2v) is 6.14. The molecular weight excluding hydrogens is 254 g/mol. The van der Waals surface area contributed by atoms with Crippen molar-refractivity contribution in [3.63, 3.8) is 0 Å². The van der Waals surface area contributed by atoms with Crippen LogP contribution in [0.2, 0.25) is 0 Å². The maximum Gasteiger partial charge on any atom is 0.317 e. The van der Waals surface area contributed by atoms with Crippen LogP contribution in [-0.2, 0) is 0 Å². The second kappa shape index (κ2) is 7.84. The Morgan fingerprint density at radius 2 is 2.00 bits per heavy atom. The highest BCUT2D eigenvalue weighted by Crippen LogP contribution is 2.20. The summed E-state index contributed by atoms with van der Waals surface area (Å²) in [6, 6.07) is 0.439. The molecule has 5 nitrogen and oxygen atoms in total. The molecule has 1 rings (SSSR count). The van der Waals surface area contributed by atoms with Crippen molar-refractivity contribution in [1.29, 1.82) is 0 Å². The van der Waals surface area contributed by atoms with Gasteiger partial charge < -0.3 is 20.6 Å². The Labute approximate surface area is 123 Å². The molecule has 1 fully saturated rings. The predicted molar refractivity (Wildman–Crippen MR) is 81.7 cm³/mol. The minimum atomic E-state index is -0.661. The van der Waals surface area contributed by atoms with Crippen LogP contribution in [0.5, 0.6) is 0 Å². The number of nitrogens with one attached hydrogen (secondary N) is 2. The van der Waals surface area contributed by atoms with Crippen LogP contribution in [0, 0.1) is 5.92 Å². The van der Waals surface area contributed by atoms with Gasteiger partial charge in [0.15, 0.2) is 0 Å². The van der Waals surface area contributed by atoms with Gasteiger partial charge in [0.1, 0.15) is 0 Å². The topological polar surface area (TPSA) is 64.6 Å². The highest BCUT2D eigenvalue weighted by molar-refractivity contribution is 5.74. The number of piperidine rings is 1. The third-order valence-corrected chi connectivity index (χ3v) is 4.53. The molecule has 2 amide bonds. The van der Waals surface area contributed by atoms with Crippen molar-refractivity contribution < 1.29 is 9.90 Å². The van der Waals surface area contributed by atoms with Gasteiger partial charge in [-0.3, -0.25) is 0 Å². The first-order valence-corrected chi connectivity index (χ1v) is 7.89. The Kier molecular flexibility index (Phi) is 6.76. The van der Waals surface area contributed by atoms with Crippen molar-refractivity contribution in [2.75, 3.05) is 26.2 Å². The van der Waals surface area contributed by atoms with Crippen LogP contribution in [-0.4, -0.2) is 53.9 Å². The van der Waals surface area contributed by atoms with Crippen LogP contribution in [0.1, 0.15) is 47.0 Å². The lowest BCUT2D eigenvalue weighted by Crippen LogP contribution is -2.51. The predicted octanol–water partition coefficient (Wildman–Crippen LogP) is 1.57. The number of urea groups is 1. The molecule has 20 heavy (non-hydrogen) atoms. The molecule has 1 aliphatic heterocycles. The number of hydrogen-bond donors (Lipinski definition) is 3. The van der Waals surface area contributed by atoms with E-state index in [4.69, 9.17) is 0 Å². The average Bonchev–Trinajstić information content (AvgIpc) is 2.45. The lowest BCUT2D eigenvalue weighted by molar-refractivity contribution is 0.00171. The van der Waals surface area contributed by atoms with E-state index in [2.05, 4.69) is 24.5 Å². The van der Waals surface area contributed by atoms with Gasteiger partial charge in [-0.15, -0.1) is 0 Å². The van der Waals surface area contributed by atoms with E-state index in [1.165, 1.54) is 0 Å². The van der Waals surface area contributed by atoms with Gasteiger partial charge in [-0.2, -0.15) is 0 Å². The lowest BCUT2D eigenvalue weighted by Gasteiger charge is -2.36. The first-order chi connectivity index (χ1) is 9.40. The molecule has 1 saturated heterocycles. The van der Waals surface area contributed by atoms with Crippen molar-refractivity contribution in [2.24, 2.45) is 5.92 Å². The van der Waals surface area contributed by atoms with Crippen LogP contribution >= 0.6 is 0 Å². The van der Waals surface area contributed by atoms with Crippen LogP contribution in [0.15, 0.2) is 0 Å². The van der Waals surface area contributed by atoms with Crippen LogP contribution in [0.4, 0.5) is 4.79 Å². The summed E-state index contributed by atoms with van der Waals surface area (Å²) in [4.78, 5) is 13.6. The molecule has 2 atom stereocenters. The number of hydrogen-bond acceptors (Lipinski definition) is 3. The van der Waals surface area contributed by atoms with E-state index in [1.54, 1.807) is 0 Å². The third-order valence-electron chi connectivity index (χ3n) is 4.53. The van der Waals surface area contributed by atoms with Crippen molar-refractivity contribution >= 4 is 6.03 Å². The Morgan fingerprint density at radius 3 is 2.50 bits per heavy atom. The van der Waals surface area contributed by atoms with E-state index in [-0.39, 0.29) is 11.9 Å². The molecule has 0 aromatic rings. The summed E-state index contributed by atoms with van der Waals surface area (Å²) >= 11 is 0. The zero-order valence-corrected chi connectivity index (χ0v) is 13.4. The Morgan fingerprint density at radius 1 is 1.40 bits per heavy atom. The van der Waals surface area contributed by atoms with Gasteiger partial charge >= 0.3 is 6.03 Å². The van der Waals surface area contributed by atoms with E-state index in [0.717, 1.165) is 32.4 Å². The molecule has 0 aromatic heterocycles. The van der Waals surface area contributed by atoms with Gasteiger partial charge in [-0.25, -0.2) is 4.79 Å². The molecule has 0 saturated carbocycles. The molecule has 3 N–H and O–H groups in total. The van der Waals surface area contributed by atoms with E-state index in [1.807, 2.05) is 18.7 Å². The fraction of sp³-hybridized carbons (Fsp3) is 0.933. The summed E-state index contributed by atoms with van der Waals surface area (Å²) in [6.45, 7) is 10.9. The summed E-state index contributed by atoms with van der Waals surface area (Å²) < 4.78 is 0. The number of nitrogens with zero attached hydrogens (tertiary/aromatic N) is 1. The number of likely N-dealkylation sites (tertiary alicyclic amines) is 1. The fourth-order valence-electron chi connectivity index (χ4n) is 2.51. The number of carbonyl (C=O) groups is 1. The normalized spacial score (nSPS) is 21.4. The summed E-state index contributed by atoms with van der Waals surface area (Å²) in [5.41, 5.74) is -0.661. The molecule has 0 bridgehead atoms. The van der Waals surface area contributed by atoms with Crippen LogP contribution < -0.4 is 10.6 Å². The standard InChI is InChI=1S/C15H31N3O2/c1-5-12(3)15(4,20)11-17-13-7-9-18(10-8-13)14(19)16-6-2/h12-13,17,20H,5-11H2,1-4H3,(H,16,19)/t12-,15-/m1/s1. The van der Waals surface area contributed by atoms with Gasteiger partial charge in [0.2, 0.25) is 0 Å². The first-order valence-electron chi connectivity index (χ1n) is 7.89. The first kappa shape index (κ1) is 17.2. The zero-order valence-electron chi connectivity index (χ0n) is 13.4. The molecular formula is C15H31N3O2. The fourth-order valence-corrected chi connectivity index (χ4v) is 2.51. The number of aliphatic hydroxyl groups is 1. The van der Waals surface area contributed by atoms with Gasteiger partial charge in [0, 0.05) is 32.2 Å². The highest BCUT2D eigenvalue weighted by Gasteiger charge is 2.29. The van der Waals surface area contributed by atoms with Crippen molar-refractivity contribution in [3.8, 4) is 0 Å². The van der Waals surface area contributed by atoms with Crippen LogP contribution in [0.3, 0.4) is 0 Å². The van der Waals surface area contributed by atoms with Crippen molar-refractivity contribution in [3.05, 3.63) is 0 Å². The maximum absolute atomic E-state index is 11.7. The Balaban J connectivity index is 2.31. The van der Waals surface area contributed by atoms with E-state index >= 15 is 0 Å². The van der Waals surface area contributed by atoms with E-state index in [9.17, 15) is 9.90 Å². The molecule has 1 aliphatic rings. The molecule has 0 aromatic carbocycles. The number of rotatable bonds is 6. The summed E-state index contributed by atoms with van der Waals surface area (Å²) in [5.74, 6) is 0.283. The Hall–Kier alpha value is -0.810. The lowest BCUT2D eigenvalue weighted by atomic mass is 9.88. The maximum atomic E-state index is 11.7. The highest BCUT2D eigenvalue weighted by atomic mass is 16.3. The quantitative estimate of drug-likeness (QED) is 0.694. The van der Waals surface area contributed by atoms with Gasteiger partial charge in [-0.05, 0) is 32.6 Å². The number of amides is 2. The minimum absolute atomic E-state index is 0.0394. The van der Waals surface area contributed by atoms with Gasteiger partial charge in [-0.1, -0.05) is 20.3 Å². The SMILES string of the molecule is CCNC(=O)N1CCC(NC[C@@](C)(O)[C@H](C)CC)CC1. The zero-order chi connectivity index (χ0) is 15.2. The van der Waals surface area contributed by atoms with Gasteiger partial charge in [0.05, 0.1) is 5.60 Å². The molecule has 0 radical (unpaired) electrons. The largest absolute Gasteiger partial charge is 0.389 e. The molecule has 5 heteroatoms.